The predicted octanol–water partition coefficient (Wildman–Crippen LogP) is 1.13. The second-order valence-corrected chi connectivity index (χ2v) is 4.44. The average molecular weight is 287 g/mol. The molecule has 1 aromatic carbocycles. The summed E-state index contributed by atoms with van der Waals surface area (Å²) >= 11 is 0. The van der Waals surface area contributed by atoms with E-state index in [2.05, 4.69) is 10.1 Å². The van der Waals surface area contributed by atoms with Crippen LogP contribution in [-0.2, 0) is 6.54 Å². The van der Waals surface area contributed by atoms with Crippen molar-refractivity contribution in [3.05, 3.63) is 52.6 Å². The van der Waals surface area contributed by atoms with Gasteiger partial charge in [-0.3, -0.25) is 4.79 Å². The Kier molecular flexibility index (Phi) is 4.22. The van der Waals surface area contributed by atoms with Crippen molar-refractivity contribution in [3.8, 4) is 0 Å². The number of rotatable bonds is 4. The van der Waals surface area contributed by atoms with E-state index in [0.29, 0.717) is 17.9 Å². The van der Waals surface area contributed by atoms with E-state index in [0.717, 1.165) is 5.69 Å². The molecule has 0 bridgehead atoms. The van der Waals surface area contributed by atoms with Crippen molar-refractivity contribution in [1.82, 2.24) is 9.55 Å². The van der Waals surface area contributed by atoms with Gasteiger partial charge in [0.1, 0.15) is 0 Å². The number of oxime groups is 1. The third-order valence-electron chi connectivity index (χ3n) is 3.19. The lowest BCUT2D eigenvalue weighted by Gasteiger charge is -2.19. The molecule has 0 saturated carbocycles. The summed E-state index contributed by atoms with van der Waals surface area (Å²) in [4.78, 5) is 18.1. The summed E-state index contributed by atoms with van der Waals surface area (Å²) in [5.41, 5.74) is 6.69. The Hall–Kier alpha value is -2.83. The predicted molar refractivity (Wildman–Crippen MR) is 81.2 cm³/mol. The van der Waals surface area contributed by atoms with E-state index in [1.807, 2.05) is 13.0 Å². The summed E-state index contributed by atoms with van der Waals surface area (Å²) in [5.74, 6) is 0.327. The normalized spacial score (nSPS) is 11.4. The van der Waals surface area contributed by atoms with Crippen LogP contribution in [-0.4, -0.2) is 27.6 Å². The van der Waals surface area contributed by atoms with Crippen molar-refractivity contribution in [2.45, 2.75) is 13.5 Å². The van der Waals surface area contributed by atoms with E-state index >= 15 is 0 Å². The highest BCUT2D eigenvalue weighted by Gasteiger charge is 2.12. The summed E-state index contributed by atoms with van der Waals surface area (Å²) in [6.45, 7) is 2.47. The number of nitrogens with two attached hydrogens (primary N) is 1. The molecule has 0 fully saturated rings. The largest absolute Gasteiger partial charge is 0.409 e. The lowest BCUT2D eigenvalue weighted by Crippen LogP contribution is -2.27. The van der Waals surface area contributed by atoms with E-state index in [-0.39, 0.29) is 11.4 Å². The van der Waals surface area contributed by atoms with Gasteiger partial charge in [-0.05, 0) is 19.1 Å². The Balaban J connectivity index is 2.46. The number of aryl methyl sites for hydroxylation is 1. The first kappa shape index (κ1) is 14.6. The molecule has 0 spiro atoms. The molecule has 1 heterocycles. The van der Waals surface area contributed by atoms with Crippen molar-refractivity contribution >= 4 is 17.3 Å². The Bertz CT molecular complexity index is 723. The van der Waals surface area contributed by atoms with Gasteiger partial charge in [0.2, 0.25) is 0 Å². The fraction of sp³-hybridized carbons (Fsp3) is 0.214. The Labute approximate surface area is 122 Å². The highest BCUT2D eigenvalue weighted by atomic mass is 16.4. The van der Waals surface area contributed by atoms with Gasteiger partial charge < -0.3 is 20.4 Å². The van der Waals surface area contributed by atoms with Crippen LogP contribution in [0.2, 0.25) is 0 Å². The Morgan fingerprint density at radius 1 is 1.52 bits per heavy atom. The molecular weight excluding hydrogens is 270 g/mol. The van der Waals surface area contributed by atoms with Crippen molar-refractivity contribution in [2.24, 2.45) is 10.9 Å². The highest BCUT2D eigenvalue weighted by molar-refractivity contribution is 5.97. The zero-order valence-corrected chi connectivity index (χ0v) is 11.9. The van der Waals surface area contributed by atoms with Crippen LogP contribution in [0.25, 0.3) is 0 Å². The maximum absolute atomic E-state index is 12.3. The summed E-state index contributed by atoms with van der Waals surface area (Å²) in [7, 11) is 1.75. The molecule has 0 aliphatic rings. The van der Waals surface area contributed by atoms with Gasteiger partial charge in [-0.15, -0.1) is 0 Å². The zero-order valence-electron chi connectivity index (χ0n) is 11.9. The molecule has 0 aliphatic carbocycles. The summed E-state index contributed by atoms with van der Waals surface area (Å²) in [5, 5.41) is 11.7. The van der Waals surface area contributed by atoms with Gasteiger partial charge in [0.05, 0.1) is 0 Å². The Morgan fingerprint density at radius 3 is 2.95 bits per heavy atom. The minimum absolute atomic E-state index is 0.0113. The molecule has 0 saturated heterocycles. The van der Waals surface area contributed by atoms with E-state index in [9.17, 15) is 4.79 Å². The van der Waals surface area contributed by atoms with Crippen molar-refractivity contribution in [3.63, 3.8) is 0 Å². The first-order valence-corrected chi connectivity index (χ1v) is 6.45. The maximum atomic E-state index is 12.3. The van der Waals surface area contributed by atoms with Gasteiger partial charge in [0, 0.05) is 37.2 Å². The molecule has 0 unspecified atom stereocenters. The standard InChI is InChI=1S/C14H17N5O2/c1-3-19-8-7-16-13(14(19)20)18(2)11-6-4-5-10(9-11)12(15)17-21/h4-9,21H,3H2,1-2H3,(H2,15,17). The van der Waals surface area contributed by atoms with Crippen LogP contribution >= 0.6 is 0 Å². The molecule has 2 rings (SSSR count). The first-order valence-electron chi connectivity index (χ1n) is 6.45. The molecule has 7 heteroatoms. The molecular formula is C14H17N5O2. The van der Waals surface area contributed by atoms with E-state index in [1.54, 1.807) is 47.1 Å². The average Bonchev–Trinajstić information content (AvgIpc) is 2.53. The number of hydrogen-bond donors (Lipinski definition) is 2. The van der Waals surface area contributed by atoms with Gasteiger partial charge in [-0.2, -0.15) is 0 Å². The fourth-order valence-electron chi connectivity index (χ4n) is 1.97. The number of amidine groups is 1. The van der Waals surface area contributed by atoms with E-state index < -0.39 is 0 Å². The van der Waals surface area contributed by atoms with Crippen LogP contribution in [0.1, 0.15) is 12.5 Å². The van der Waals surface area contributed by atoms with Gasteiger partial charge in [-0.25, -0.2) is 4.98 Å². The molecule has 7 nitrogen and oxygen atoms in total. The highest BCUT2D eigenvalue weighted by Crippen LogP contribution is 2.19. The monoisotopic (exact) mass is 287 g/mol. The van der Waals surface area contributed by atoms with Crippen molar-refractivity contribution in [1.29, 1.82) is 0 Å². The van der Waals surface area contributed by atoms with Gasteiger partial charge in [-0.1, -0.05) is 17.3 Å². The minimum Gasteiger partial charge on any atom is -0.409 e. The van der Waals surface area contributed by atoms with Gasteiger partial charge >= 0.3 is 0 Å². The fourth-order valence-corrected chi connectivity index (χ4v) is 1.97. The zero-order chi connectivity index (χ0) is 15.4. The summed E-state index contributed by atoms with van der Waals surface area (Å²) in [6.07, 6.45) is 3.23. The smallest absolute Gasteiger partial charge is 0.293 e. The van der Waals surface area contributed by atoms with Crippen LogP contribution in [0.3, 0.4) is 0 Å². The third-order valence-corrected chi connectivity index (χ3v) is 3.19. The SMILES string of the molecule is CCn1ccnc(N(C)c2cccc(C(N)=NO)c2)c1=O. The number of aromatic nitrogens is 2. The van der Waals surface area contributed by atoms with E-state index in [1.165, 1.54) is 0 Å². The van der Waals surface area contributed by atoms with Crippen molar-refractivity contribution in [2.75, 3.05) is 11.9 Å². The van der Waals surface area contributed by atoms with Crippen LogP contribution < -0.4 is 16.2 Å². The van der Waals surface area contributed by atoms with Crippen LogP contribution in [0.4, 0.5) is 11.5 Å². The lowest BCUT2D eigenvalue weighted by atomic mass is 10.2. The van der Waals surface area contributed by atoms with Gasteiger partial charge in [0.25, 0.3) is 5.56 Å². The van der Waals surface area contributed by atoms with Gasteiger partial charge in [0.15, 0.2) is 11.7 Å². The number of benzene rings is 1. The lowest BCUT2D eigenvalue weighted by molar-refractivity contribution is 0.318. The second kappa shape index (κ2) is 6.08. The quantitative estimate of drug-likeness (QED) is 0.380. The molecule has 0 radical (unpaired) electrons. The molecule has 0 atom stereocenters. The molecule has 3 N–H and O–H groups in total. The third kappa shape index (κ3) is 2.86. The molecule has 2 aromatic rings. The maximum Gasteiger partial charge on any atom is 0.293 e. The van der Waals surface area contributed by atoms with E-state index in [4.69, 9.17) is 10.9 Å². The minimum atomic E-state index is -0.170. The van der Waals surface area contributed by atoms with Crippen molar-refractivity contribution < 1.29 is 5.21 Å². The van der Waals surface area contributed by atoms with Crippen LogP contribution in [0.5, 0.6) is 0 Å². The first-order chi connectivity index (χ1) is 10.1. The summed E-state index contributed by atoms with van der Waals surface area (Å²) in [6, 6.07) is 7.02. The topological polar surface area (TPSA) is 96.7 Å². The molecule has 21 heavy (non-hydrogen) atoms. The molecule has 110 valence electrons. The van der Waals surface area contributed by atoms with Crippen LogP contribution in [0.15, 0.2) is 46.6 Å². The number of hydrogen-bond acceptors (Lipinski definition) is 5. The number of nitrogens with zero attached hydrogens (tertiary/aromatic N) is 4. The molecule has 1 aromatic heterocycles. The molecule has 0 aliphatic heterocycles. The summed E-state index contributed by atoms with van der Waals surface area (Å²) < 4.78 is 1.58. The molecule has 0 amide bonds. The second-order valence-electron chi connectivity index (χ2n) is 4.44. The Morgan fingerprint density at radius 2 is 2.29 bits per heavy atom. The number of anilines is 2. The van der Waals surface area contributed by atoms with Crippen LogP contribution in [0, 0.1) is 0 Å².